The van der Waals surface area contributed by atoms with Crippen molar-refractivity contribution in [3.8, 4) is 0 Å². The van der Waals surface area contributed by atoms with Gasteiger partial charge in [0.05, 0.1) is 0 Å². The van der Waals surface area contributed by atoms with Crippen LogP contribution in [-0.4, -0.2) is 33.9 Å². The van der Waals surface area contributed by atoms with Crippen molar-refractivity contribution < 1.29 is 12.8 Å². The minimum absolute atomic E-state index is 0.151. The molecule has 0 aliphatic heterocycles. The molecule has 0 heterocycles. The molecule has 124 valence electrons. The molecule has 2 rings (SSSR count). The van der Waals surface area contributed by atoms with E-state index in [1.807, 2.05) is 43.3 Å². The maximum atomic E-state index is 13.9. The molecule has 2 aromatic rings. The number of sulfonamides is 1. The zero-order valence-electron chi connectivity index (χ0n) is 13.1. The second-order valence-corrected chi connectivity index (χ2v) is 7.85. The van der Waals surface area contributed by atoms with E-state index < -0.39 is 15.8 Å². The molecular weight excluding hydrogens is 339 g/mol. The topological polar surface area (TPSA) is 40.6 Å². The predicted molar refractivity (Wildman–Crippen MR) is 90.8 cm³/mol. The minimum Gasteiger partial charge on any atom is -0.378 e. The van der Waals surface area contributed by atoms with Crippen LogP contribution in [0.5, 0.6) is 0 Å². The van der Waals surface area contributed by atoms with Gasteiger partial charge in [-0.15, -0.1) is 0 Å². The van der Waals surface area contributed by atoms with Crippen LogP contribution in [0.3, 0.4) is 0 Å². The minimum atomic E-state index is -3.92. The van der Waals surface area contributed by atoms with Crippen molar-refractivity contribution in [3.05, 3.63) is 58.9 Å². The van der Waals surface area contributed by atoms with E-state index in [2.05, 4.69) is 0 Å². The van der Waals surface area contributed by atoms with Crippen molar-refractivity contribution in [2.45, 2.75) is 11.4 Å². The molecule has 7 heteroatoms. The van der Waals surface area contributed by atoms with Gasteiger partial charge in [-0.05, 0) is 35.9 Å². The molecule has 23 heavy (non-hydrogen) atoms. The first-order valence-electron chi connectivity index (χ1n) is 6.89. The second-order valence-electron chi connectivity index (χ2n) is 5.40. The van der Waals surface area contributed by atoms with Crippen molar-refractivity contribution in [2.24, 2.45) is 0 Å². The largest absolute Gasteiger partial charge is 0.378 e. The van der Waals surface area contributed by atoms with Crippen LogP contribution in [0, 0.1) is 5.82 Å². The Bertz CT molecular complexity index is 792. The highest BCUT2D eigenvalue weighted by atomic mass is 35.5. The van der Waals surface area contributed by atoms with Crippen LogP contribution in [0.15, 0.2) is 47.4 Å². The molecule has 0 spiro atoms. The normalized spacial score (nSPS) is 11.7. The quantitative estimate of drug-likeness (QED) is 0.824. The van der Waals surface area contributed by atoms with Gasteiger partial charge < -0.3 is 4.90 Å². The van der Waals surface area contributed by atoms with E-state index in [0.717, 1.165) is 21.6 Å². The standard InChI is InChI=1S/C16H18ClFN2O2S/c1-19(2)14-7-4-12(5-8-14)11-20(3)23(21,22)16-9-6-13(17)10-15(16)18/h4-10H,11H2,1-3H3. The van der Waals surface area contributed by atoms with Gasteiger partial charge in [0, 0.05) is 38.4 Å². The summed E-state index contributed by atoms with van der Waals surface area (Å²) in [6.07, 6.45) is 0. The van der Waals surface area contributed by atoms with E-state index in [4.69, 9.17) is 11.6 Å². The van der Waals surface area contributed by atoms with E-state index >= 15 is 0 Å². The number of hydrogen-bond acceptors (Lipinski definition) is 3. The Morgan fingerprint density at radius 2 is 1.65 bits per heavy atom. The first kappa shape index (κ1) is 17.7. The average molecular weight is 357 g/mol. The molecule has 0 fully saturated rings. The lowest BCUT2D eigenvalue weighted by Crippen LogP contribution is -2.27. The van der Waals surface area contributed by atoms with Gasteiger partial charge in [0.15, 0.2) is 0 Å². The molecule has 0 unspecified atom stereocenters. The van der Waals surface area contributed by atoms with E-state index in [0.29, 0.717) is 0 Å². The second kappa shape index (κ2) is 6.86. The summed E-state index contributed by atoms with van der Waals surface area (Å²) in [6.45, 7) is 0.151. The third-order valence-electron chi connectivity index (χ3n) is 3.44. The number of anilines is 1. The van der Waals surface area contributed by atoms with Crippen molar-refractivity contribution in [1.82, 2.24) is 4.31 Å². The van der Waals surface area contributed by atoms with Crippen molar-refractivity contribution in [2.75, 3.05) is 26.0 Å². The van der Waals surface area contributed by atoms with Crippen molar-refractivity contribution in [3.63, 3.8) is 0 Å². The van der Waals surface area contributed by atoms with Crippen LogP contribution in [-0.2, 0) is 16.6 Å². The number of benzene rings is 2. The monoisotopic (exact) mass is 356 g/mol. The summed E-state index contributed by atoms with van der Waals surface area (Å²) in [4.78, 5) is 1.57. The summed E-state index contributed by atoms with van der Waals surface area (Å²) in [5, 5.41) is 0.156. The van der Waals surface area contributed by atoms with Crippen LogP contribution in [0.25, 0.3) is 0 Å². The van der Waals surface area contributed by atoms with Gasteiger partial charge in [-0.25, -0.2) is 12.8 Å². The Balaban J connectivity index is 2.23. The van der Waals surface area contributed by atoms with Crippen LogP contribution < -0.4 is 4.90 Å². The fourth-order valence-electron chi connectivity index (χ4n) is 2.09. The zero-order chi connectivity index (χ0) is 17.2. The maximum Gasteiger partial charge on any atom is 0.246 e. The van der Waals surface area contributed by atoms with E-state index in [1.165, 1.54) is 19.2 Å². The van der Waals surface area contributed by atoms with Crippen molar-refractivity contribution >= 4 is 27.3 Å². The molecule has 4 nitrogen and oxygen atoms in total. The summed E-state index contributed by atoms with van der Waals surface area (Å²) in [6, 6.07) is 11.0. The van der Waals surface area contributed by atoms with E-state index in [-0.39, 0.29) is 16.5 Å². The fraction of sp³-hybridized carbons (Fsp3) is 0.250. The maximum absolute atomic E-state index is 13.9. The van der Waals surface area contributed by atoms with Gasteiger partial charge >= 0.3 is 0 Å². The Kier molecular flexibility index (Phi) is 5.29. The molecule has 0 aromatic heterocycles. The van der Waals surface area contributed by atoms with Gasteiger partial charge in [-0.1, -0.05) is 23.7 Å². The SMILES string of the molecule is CN(C)c1ccc(CN(C)S(=O)(=O)c2ccc(Cl)cc2F)cc1. The molecule has 0 bridgehead atoms. The highest BCUT2D eigenvalue weighted by Crippen LogP contribution is 2.23. The Morgan fingerprint density at radius 3 is 2.17 bits per heavy atom. The number of nitrogens with zero attached hydrogens (tertiary/aromatic N) is 2. The van der Waals surface area contributed by atoms with Crippen LogP contribution >= 0.6 is 11.6 Å². The van der Waals surface area contributed by atoms with Crippen LogP contribution in [0.1, 0.15) is 5.56 Å². The summed E-state index contributed by atoms with van der Waals surface area (Å²) in [5.74, 6) is -0.854. The van der Waals surface area contributed by atoms with Crippen LogP contribution in [0.4, 0.5) is 10.1 Å². The van der Waals surface area contributed by atoms with Crippen LogP contribution in [0.2, 0.25) is 5.02 Å². The highest BCUT2D eigenvalue weighted by Gasteiger charge is 2.24. The van der Waals surface area contributed by atoms with Gasteiger partial charge in [0.2, 0.25) is 10.0 Å². The first-order valence-corrected chi connectivity index (χ1v) is 8.71. The van der Waals surface area contributed by atoms with Gasteiger partial charge in [-0.2, -0.15) is 4.31 Å². The third-order valence-corrected chi connectivity index (χ3v) is 5.51. The average Bonchev–Trinajstić information content (AvgIpc) is 2.47. The molecule has 0 saturated carbocycles. The molecule has 0 radical (unpaired) electrons. The molecule has 0 aliphatic rings. The summed E-state index contributed by atoms with van der Waals surface area (Å²) >= 11 is 5.66. The summed E-state index contributed by atoms with van der Waals surface area (Å²) in [7, 11) is 1.35. The highest BCUT2D eigenvalue weighted by molar-refractivity contribution is 7.89. The lowest BCUT2D eigenvalue weighted by atomic mass is 10.2. The number of hydrogen-bond donors (Lipinski definition) is 0. The molecule has 0 N–H and O–H groups in total. The van der Waals surface area contributed by atoms with Gasteiger partial charge in [0.1, 0.15) is 10.7 Å². The Labute approximate surface area is 141 Å². The fourth-order valence-corrected chi connectivity index (χ4v) is 3.45. The molecular formula is C16H18ClFN2O2S. The summed E-state index contributed by atoms with van der Waals surface area (Å²) in [5.41, 5.74) is 1.83. The molecule has 0 saturated heterocycles. The Hall–Kier alpha value is -1.63. The van der Waals surface area contributed by atoms with E-state index in [9.17, 15) is 12.8 Å². The van der Waals surface area contributed by atoms with Gasteiger partial charge in [-0.3, -0.25) is 0 Å². The predicted octanol–water partition coefficient (Wildman–Crippen LogP) is 3.37. The zero-order valence-corrected chi connectivity index (χ0v) is 14.7. The van der Waals surface area contributed by atoms with Crippen molar-refractivity contribution in [1.29, 1.82) is 0 Å². The van der Waals surface area contributed by atoms with E-state index in [1.54, 1.807) is 0 Å². The lowest BCUT2D eigenvalue weighted by molar-refractivity contribution is 0.460. The smallest absolute Gasteiger partial charge is 0.246 e. The number of halogens is 2. The molecule has 0 amide bonds. The van der Waals surface area contributed by atoms with Gasteiger partial charge in [0.25, 0.3) is 0 Å². The number of rotatable bonds is 5. The lowest BCUT2D eigenvalue weighted by Gasteiger charge is -2.18. The Morgan fingerprint density at radius 1 is 1.04 bits per heavy atom. The molecule has 2 aromatic carbocycles. The molecule has 0 atom stereocenters. The molecule has 0 aliphatic carbocycles. The third kappa shape index (κ3) is 4.02. The summed E-state index contributed by atoms with van der Waals surface area (Å²) < 4.78 is 40.0. The first-order chi connectivity index (χ1) is 10.7.